The molecule has 1 aliphatic heterocycles. The van der Waals surface area contributed by atoms with E-state index in [0.29, 0.717) is 5.96 Å². The van der Waals surface area contributed by atoms with Crippen LogP contribution >= 0.6 is 0 Å². The zero-order valence-corrected chi connectivity index (χ0v) is 8.45. The molecule has 0 spiro atoms. The monoisotopic (exact) mass is 185 g/mol. The first-order valence-electron chi connectivity index (χ1n) is 4.82. The van der Waals surface area contributed by atoms with E-state index in [2.05, 4.69) is 4.99 Å². The predicted molar refractivity (Wildman–Crippen MR) is 53.6 cm³/mol. The number of likely N-dealkylation sites (tertiary alicyclic amines) is 1. The van der Waals surface area contributed by atoms with Crippen LogP contribution in [0.2, 0.25) is 0 Å². The minimum Gasteiger partial charge on any atom is -0.390 e. The average Bonchev–Trinajstić information content (AvgIpc) is 2.04. The molecule has 76 valence electrons. The molecular weight excluding hydrogens is 166 g/mol. The lowest BCUT2D eigenvalue weighted by Gasteiger charge is -2.36. The van der Waals surface area contributed by atoms with Crippen LogP contribution in [0.4, 0.5) is 0 Å². The van der Waals surface area contributed by atoms with Crippen LogP contribution in [-0.2, 0) is 0 Å². The fourth-order valence-electron chi connectivity index (χ4n) is 1.48. The van der Waals surface area contributed by atoms with Gasteiger partial charge in [-0.1, -0.05) is 0 Å². The van der Waals surface area contributed by atoms with E-state index in [1.165, 1.54) is 0 Å². The lowest BCUT2D eigenvalue weighted by atomic mass is 9.94. The third-order valence-corrected chi connectivity index (χ3v) is 2.48. The minimum absolute atomic E-state index is 0.511. The molecule has 4 heteroatoms. The van der Waals surface area contributed by atoms with Crippen molar-refractivity contribution in [3.63, 3.8) is 0 Å². The highest BCUT2D eigenvalue weighted by molar-refractivity contribution is 5.78. The Hall–Kier alpha value is -0.770. The molecule has 0 atom stereocenters. The number of guanidine groups is 1. The van der Waals surface area contributed by atoms with Crippen LogP contribution in [0.3, 0.4) is 0 Å². The van der Waals surface area contributed by atoms with Crippen molar-refractivity contribution in [1.82, 2.24) is 4.90 Å². The third-order valence-electron chi connectivity index (χ3n) is 2.48. The molecular formula is C9H19N3O. The molecule has 1 rings (SSSR count). The number of nitrogens with zero attached hydrogens (tertiary/aromatic N) is 2. The van der Waals surface area contributed by atoms with Gasteiger partial charge in [-0.3, -0.25) is 4.99 Å². The maximum atomic E-state index is 9.70. The van der Waals surface area contributed by atoms with Crippen LogP contribution in [0.25, 0.3) is 0 Å². The minimum atomic E-state index is -0.511. The van der Waals surface area contributed by atoms with Crippen molar-refractivity contribution in [3.8, 4) is 0 Å². The molecule has 3 N–H and O–H groups in total. The summed E-state index contributed by atoms with van der Waals surface area (Å²) in [6, 6.07) is 0. The number of aliphatic hydroxyl groups is 1. The van der Waals surface area contributed by atoms with Crippen LogP contribution in [0, 0.1) is 0 Å². The van der Waals surface area contributed by atoms with Crippen molar-refractivity contribution < 1.29 is 5.11 Å². The van der Waals surface area contributed by atoms with Crippen LogP contribution in [0.15, 0.2) is 4.99 Å². The van der Waals surface area contributed by atoms with Gasteiger partial charge in [0.1, 0.15) is 0 Å². The normalized spacial score (nSPS) is 23.3. The molecule has 0 aromatic rings. The van der Waals surface area contributed by atoms with Gasteiger partial charge in [-0.05, 0) is 26.7 Å². The van der Waals surface area contributed by atoms with Crippen LogP contribution in [0.1, 0.15) is 26.7 Å². The zero-order chi connectivity index (χ0) is 9.90. The Morgan fingerprint density at radius 2 is 2.08 bits per heavy atom. The van der Waals surface area contributed by atoms with Crippen molar-refractivity contribution in [1.29, 1.82) is 0 Å². The second-order valence-corrected chi connectivity index (χ2v) is 3.82. The number of piperidine rings is 1. The largest absolute Gasteiger partial charge is 0.390 e. The van der Waals surface area contributed by atoms with Crippen molar-refractivity contribution in [2.24, 2.45) is 10.7 Å². The van der Waals surface area contributed by atoms with E-state index >= 15 is 0 Å². The number of aliphatic imine (C=N–C) groups is 1. The SMILES string of the molecule is CCN=C(N)N1CCC(C)(O)CC1. The van der Waals surface area contributed by atoms with Gasteiger partial charge in [-0.15, -0.1) is 0 Å². The molecule has 1 aliphatic rings. The number of hydrogen-bond donors (Lipinski definition) is 2. The molecule has 0 aromatic heterocycles. The molecule has 0 bridgehead atoms. The second-order valence-electron chi connectivity index (χ2n) is 3.82. The lowest BCUT2D eigenvalue weighted by molar-refractivity contribution is 0.00965. The number of hydrogen-bond acceptors (Lipinski definition) is 2. The van der Waals surface area contributed by atoms with Crippen molar-refractivity contribution in [3.05, 3.63) is 0 Å². The quantitative estimate of drug-likeness (QED) is 0.452. The van der Waals surface area contributed by atoms with Crippen LogP contribution in [0.5, 0.6) is 0 Å². The molecule has 0 saturated carbocycles. The van der Waals surface area contributed by atoms with E-state index in [1.54, 1.807) is 0 Å². The van der Waals surface area contributed by atoms with Crippen molar-refractivity contribution in [2.45, 2.75) is 32.3 Å². The van der Waals surface area contributed by atoms with E-state index in [-0.39, 0.29) is 0 Å². The first kappa shape index (κ1) is 10.3. The molecule has 13 heavy (non-hydrogen) atoms. The summed E-state index contributed by atoms with van der Waals surface area (Å²) in [5.74, 6) is 0.609. The molecule has 0 aromatic carbocycles. The highest BCUT2D eigenvalue weighted by Crippen LogP contribution is 2.20. The highest BCUT2D eigenvalue weighted by atomic mass is 16.3. The average molecular weight is 185 g/mol. The molecule has 1 heterocycles. The number of rotatable bonds is 1. The van der Waals surface area contributed by atoms with Crippen LogP contribution < -0.4 is 5.73 Å². The Labute approximate surface area is 79.4 Å². The summed E-state index contributed by atoms with van der Waals surface area (Å²) < 4.78 is 0. The topological polar surface area (TPSA) is 61.8 Å². The second kappa shape index (κ2) is 3.96. The first-order chi connectivity index (χ1) is 6.05. The Bertz CT molecular complexity index is 191. The fourth-order valence-corrected chi connectivity index (χ4v) is 1.48. The molecule has 1 saturated heterocycles. The molecule has 1 fully saturated rings. The van der Waals surface area contributed by atoms with E-state index < -0.39 is 5.60 Å². The fraction of sp³-hybridized carbons (Fsp3) is 0.889. The highest BCUT2D eigenvalue weighted by Gasteiger charge is 2.27. The lowest BCUT2D eigenvalue weighted by Crippen LogP contribution is -2.47. The van der Waals surface area contributed by atoms with Gasteiger partial charge in [0.15, 0.2) is 5.96 Å². The summed E-state index contributed by atoms with van der Waals surface area (Å²) in [5, 5.41) is 9.70. The molecule has 4 nitrogen and oxygen atoms in total. The summed E-state index contributed by atoms with van der Waals surface area (Å²) in [7, 11) is 0. The van der Waals surface area contributed by atoms with E-state index in [1.807, 2.05) is 18.7 Å². The van der Waals surface area contributed by atoms with Gasteiger partial charge < -0.3 is 15.7 Å². The van der Waals surface area contributed by atoms with Gasteiger partial charge in [0.05, 0.1) is 5.60 Å². The maximum Gasteiger partial charge on any atom is 0.191 e. The molecule has 0 radical (unpaired) electrons. The van der Waals surface area contributed by atoms with Crippen molar-refractivity contribution >= 4 is 5.96 Å². The van der Waals surface area contributed by atoms with E-state index in [0.717, 1.165) is 32.5 Å². The Kier molecular flexibility index (Phi) is 3.14. The summed E-state index contributed by atoms with van der Waals surface area (Å²) in [4.78, 5) is 6.16. The smallest absolute Gasteiger partial charge is 0.191 e. The van der Waals surface area contributed by atoms with Gasteiger partial charge in [0, 0.05) is 19.6 Å². The van der Waals surface area contributed by atoms with E-state index in [4.69, 9.17) is 5.73 Å². The molecule has 0 amide bonds. The van der Waals surface area contributed by atoms with Gasteiger partial charge in [-0.25, -0.2) is 0 Å². The van der Waals surface area contributed by atoms with Gasteiger partial charge in [0.25, 0.3) is 0 Å². The predicted octanol–water partition coefficient (Wildman–Crippen LogP) is 0.168. The van der Waals surface area contributed by atoms with Crippen LogP contribution in [-0.4, -0.2) is 41.2 Å². The number of nitrogens with two attached hydrogens (primary N) is 1. The summed E-state index contributed by atoms with van der Waals surface area (Å²) in [6.07, 6.45) is 1.54. The summed E-state index contributed by atoms with van der Waals surface area (Å²) in [5.41, 5.74) is 5.23. The summed E-state index contributed by atoms with van der Waals surface area (Å²) >= 11 is 0. The third kappa shape index (κ3) is 2.88. The van der Waals surface area contributed by atoms with Gasteiger partial charge >= 0.3 is 0 Å². The Morgan fingerprint density at radius 3 is 2.54 bits per heavy atom. The first-order valence-corrected chi connectivity index (χ1v) is 4.82. The van der Waals surface area contributed by atoms with Gasteiger partial charge in [-0.2, -0.15) is 0 Å². The zero-order valence-electron chi connectivity index (χ0n) is 8.45. The Balaban J connectivity index is 2.45. The standard InChI is InChI=1S/C9H19N3O/c1-3-11-8(10)12-6-4-9(2,13)5-7-12/h13H,3-7H2,1-2H3,(H2,10,11). The summed E-state index contributed by atoms with van der Waals surface area (Å²) in [6.45, 7) is 6.17. The molecule has 0 unspecified atom stereocenters. The maximum absolute atomic E-state index is 9.70. The molecule has 0 aliphatic carbocycles. The van der Waals surface area contributed by atoms with E-state index in [9.17, 15) is 5.11 Å². The van der Waals surface area contributed by atoms with Gasteiger partial charge in [0.2, 0.25) is 0 Å². The van der Waals surface area contributed by atoms with Crippen molar-refractivity contribution in [2.75, 3.05) is 19.6 Å². The Morgan fingerprint density at radius 1 is 1.54 bits per heavy atom.